The molecule has 0 aliphatic carbocycles. The molecule has 1 unspecified atom stereocenters. The third-order valence-corrected chi connectivity index (χ3v) is 6.85. The highest BCUT2D eigenvalue weighted by Gasteiger charge is 2.37. The summed E-state index contributed by atoms with van der Waals surface area (Å²) in [5, 5.41) is 9.03. The van der Waals surface area contributed by atoms with Crippen molar-refractivity contribution in [3.8, 4) is 0 Å². The first-order valence-corrected chi connectivity index (χ1v) is 12.8. The number of piperazine rings is 1. The van der Waals surface area contributed by atoms with Gasteiger partial charge in [-0.15, -0.1) is 0 Å². The fourth-order valence-electron chi connectivity index (χ4n) is 4.35. The van der Waals surface area contributed by atoms with Crippen LogP contribution in [0, 0.1) is 0 Å². The molecule has 0 spiro atoms. The van der Waals surface area contributed by atoms with Crippen LogP contribution in [0.25, 0.3) is 0 Å². The van der Waals surface area contributed by atoms with Crippen LogP contribution in [0.3, 0.4) is 0 Å². The van der Waals surface area contributed by atoms with E-state index in [4.69, 9.17) is 5.73 Å². The summed E-state index contributed by atoms with van der Waals surface area (Å²) in [5.74, 6) is -0.904. The van der Waals surface area contributed by atoms with E-state index in [9.17, 15) is 9.59 Å². The topological polar surface area (TPSA) is 91.4 Å². The molecule has 1 fully saturated rings. The number of carbonyl (C=O) groups excluding carboxylic acids is 2. The van der Waals surface area contributed by atoms with Gasteiger partial charge in [-0.3, -0.25) is 9.59 Å². The SMILES string of the molecule is CCCCN1CCN(C(Cc2ccccc2)/C(C)=N/N=C(\C)[C@](C)(N)Cc2ccccc2)C(=O)C1=O. The molecule has 0 aromatic heterocycles. The van der Waals surface area contributed by atoms with Crippen molar-refractivity contribution >= 4 is 23.2 Å². The highest BCUT2D eigenvalue weighted by molar-refractivity contribution is 6.35. The van der Waals surface area contributed by atoms with E-state index in [1.807, 2.05) is 81.4 Å². The molecule has 7 nitrogen and oxygen atoms in total. The number of hydrogen-bond donors (Lipinski definition) is 1. The van der Waals surface area contributed by atoms with E-state index in [1.165, 1.54) is 0 Å². The van der Waals surface area contributed by atoms with E-state index in [0.717, 1.165) is 24.0 Å². The van der Waals surface area contributed by atoms with E-state index in [0.29, 0.717) is 43.9 Å². The maximum absolute atomic E-state index is 13.2. The van der Waals surface area contributed by atoms with E-state index >= 15 is 0 Å². The molecular formula is C29H39N5O2. The minimum absolute atomic E-state index is 0.369. The second-order valence-corrected chi connectivity index (χ2v) is 9.86. The summed E-state index contributed by atoms with van der Waals surface area (Å²) in [7, 11) is 0. The zero-order valence-electron chi connectivity index (χ0n) is 22.0. The molecule has 7 heteroatoms. The van der Waals surface area contributed by atoms with Gasteiger partial charge in [0.25, 0.3) is 0 Å². The zero-order valence-corrected chi connectivity index (χ0v) is 22.0. The average molecular weight is 490 g/mol. The van der Waals surface area contributed by atoms with Crippen molar-refractivity contribution in [1.29, 1.82) is 0 Å². The molecule has 2 aromatic rings. The molecule has 2 N–H and O–H groups in total. The van der Waals surface area contributed by atoms with Crippen LogP contribution >= 0.6 is 0 Å². The lowest BCUT2D eigenvalue weighted by Gasteiger charge is -2.38. The van der Waals surface area contributed by atoms with Gasteiger partial charge >= 0.3 is 11.8 Å². The second-order valence-electron chi connectivity index (χ2n) is 9.86. The van der Waals surface area contributed by atoms with E-state index in [2.05, 4.69) is 17.1 Å². The van der Waals surface area contributed by atoms with Gasteiger partial charge in [-0.2, -0.15) is 10.2 Å². The van der Waals surface area contributed by atoms with Crippen molar-refractivity contribution in [2.24, 2.45) is 15.9 Å². The third-order valence-electron chi connectivity index (χ3n) is 6.85. The molecule has 2 aromatic carbocycles. The monoisotopic (exact) mass is 489 g/mol. The normalized spacial score (nSPS) is 17.8. The Balaban J connectivity index is 1.83. The van der Waals surface area contributed by atoms with Gasteiger partial charge in [0.1, 0.15) is 0 Å². The molecule has 192 valence electrons. The highest BCUT2D eigenvalue weighted by atomic mass is 16.2. The fraction of sp³-hybridized carbons (Fsp3) is 0.448. The van der Waals surface area contributed by atoms with Crippen molar-refractivity contribution in [1.82, 2.24) is 9.80 Å². The second kappa shape index (κ2) is 12.6. The summed E-state index contributed by atoms with van der Waals surface area (Å²) in [6.07, 6.45) is 3.06. The van der Waals surface area contributed by atoms with Crippen LogP contribution in [0.1, 0.15) is 51.7 Å². The van der Waals surface area contributed by atoms with Crippen LogP contribution in [-0.4, -0.2) is 64.3 Å². The molecule has 1 saturated heterocycles. The predicted molar refractivity (Wildman–Crippen MR) is 146 cm³/mol. The minimum atomic E-state index is -0.670. The Kier molecular flexibility index (Phi) is 9.53. The first kappa shape index (κ1) is 27.3. The maximum Gasteiger partial charge on any atom is 0.312 e. The number of rotatable bonds is 11. The summed E-state index contributed by atoms with van der Waals surface area (Å²) in [6.45, 7) is 9.40. The Morgan fingerprint density at radius 1 is 0.944 bits per heavy atom. The lowest BCUT2D eigenvalue weighted by atomic mass is 9.90. The van der Waals surface area contributed by atoms with Crippen LogP contribution in [0.15, 0.2) is 70.9 Å². The molecule has 0 saturated carbocycles. The number of amides is 2. The summed E-state index contributed by atoms with van der Waals surface area (Å²) in [6, 6.07) is 19.6. The lowest BCUT2D eigenvalue weighted by Crippen LogP contribution is -2.59. The van der Waals surface area contributed by atoms with Gasteiger partial charge in [0.15, 0.2) is 0 Å². The molecule has 2 amide bonds. The molecule has 2 atom stereocenters. The summed E-state index contributed by atoms with van der Waals surface area (Å²) >= 11 is 0. The molecular weight excluding hydrogens is 450 g/mol. The van der Waals surface area contributed by atoms with Gasteiger partial charge in [0.05, 0.1) is 23.0 Å². The Morgan fingerprint density at radius 2 is 1.56 bits per heavy atom. The lowest BCUT2D eigenvalue weighted by molar-refractivity contribution is -0.156. The molecule has 1 aliphatic heterocycles. The number of nitrogens with zero attached hydrogens (tertiary/aromatic N) is 4. The van der Waals surface area contributed by atoms with Crippen LogP contribution < -0.4 is 5.73 Å². The minimum Gasteiger partial charge on any atom is -0.333 e. The number of unbranched alkanes of at least 4 members (excludes halogenated alkanes) is 1. The molecule has 1 aliphatic rings. The van der Waals surface area contributed by atoms with Crippen molar-refractivity contribution < 1.29 is 9.59 Å². The summed E-state index contributed by atoms with van der Waals surface area (Å²) in [5.41, 5.74) is 9.51. The summed E-state index contributed by atoms with van der Waals surface area (Å²) < 4.78 is 0. The van der Waals surface area contributed by atoms with Crippen molar-refractivity contribution in [2.75, 3.05) is 19.6 Å². The first-order valence-electron chi connectivity index (χ1n) is 12.8. The van der Waals surface area contributed by atoms with Gasteiger partial charge in [-0.25, -0.2) is 0 Å². The Morgan fingerprint density at radius 3 is 2.17 bits per heavy atom. The van der Waals surface area contributed by atoms with Crippen LogP contribution in [0.4, 0.5) is 0 Å². The Labute approximate surface area is 215 Å². The summed E-state index contributed by atoms with van der Waals surface area (Å²) in [4.78, 5) is 29.3. The van der Waals surface area contributed by atoms with E-state index in [-0.39, 0.29) is 6.04 Å². The quantitative estimate of drug-likeness (QED) is 0.295. The van der Waals surface area contributed by atoms with Crippen LogP contribution in [-0.2, 0) is 22.4 Å². The third kappa shape index (κ3) is 7.10. The van der Waals surface area contributed by atoms with Gasteiger partial charge < -0.3 is 15.5 Å². The molecule has 0 bridgehead atoms. The number of nitrogens with two attached hydrogens (primary N) is 1. The number of carbonyl (C=O) groups is 2. The van der Waals surface area contributed by atoms with Crippen LogP contribution in [0.2, 0.25) is 0 Å². The molecule has 3 rings (SSSR count). The molecule has 36 heavy (non-hydrogen) atoms. The first-order chi connectivity index (χ1) is 17.2. The van der Waals surface area contributed by atoms with E-state index < -0.39 is 17.4 Å². The standard InChI is InChI=1S/C29H39N5O2/c1-5-6-17-33-18-19-34(28(36)27(33)35)26(20-24-13-9-7-10-14-24)22(2)31-32-23(3)29(4,30)21-25-15-11-8-12-16-25/h7-16,26H,5-6,17-21,30H2,1-4H3/b31-22+,32-23+/t26?,29-/m1/s1. The van der Waals surface area contributed by atoms with Gasteiger partial charge in [0, 0.05) is 19.6 Å². The van der Waals surface area contributed by atoms with Crippen molar-refractivity contribution in [3.05, 3.63) is 71.8 Å². The van der Waals surface area contributed by atoms with Gasteiger partial charge in [-0.1, -0.05) is 74.0 Å². The predicted octanol–water partition coefficient (Wildman–Crippen LogP) is 3.87. The van der Waals surface area contributed by atoms with Crippen molar-refractivity contribution in [3.63, 3.8) is 0 Å². The maximum atomic E-state index is 13.2. The van der Waals surface area contributed by atoms with E-state index in [1.54, 1.807) is 9.80 Å². The highest BCUT2D eigenvalue weighted by Crippen LogP contribution is 2.18. The fourth-order valence-corrected chi connectivity index (χ4v) is 4.35. The Hall–Kier alpha value is -3.32. The smallest absolute Gasteiger partial charge is 0.312 e. The molecule has 1 heterocycles. The Bertz CT molecular complexity index is 1080. The van der Waals surface area contributed by atoms with Gasteiger partial charge in [-0.05, 0) is 51.2 Å². The molecule has 0 radical (unpaired) electrons. The van der Waals surface area contributed by atoms with Crippen LogP contribution in [0.5, 0.6) is 0 Å². The number of benzene rings is 2. The average Bonchev–Trinajstić information content (AvgIpc) is 2.87. The van der Waals surface area contributed by atoms with Crippen molar-refractivity contribution in [2.45, 2.75) is 65.0 Å². The zero-order chi connectivity index (χ0) is 26.1. The van der Waals surface area contributed by atoms with Gasteiger partial charge in [0.2, 0.25) is 0 Å². The number of hydrogen-bond acceptors (Lipinski definition) is 5. The largest absolute Gasteiger partial charge is 0.333 e.